The van der Waals surface area contributed by atoms with Crippen LogP contribution in [0.4, 0.5) is 5.69 Å². The number of ether oxygens (including phenoxy) is 1. The molecule has 1 rings (SSSR count). The number of carbonyl (C=O) groups excluding carboxylic acids is 2. The number of hydrogen-bond acceptors (Lipinski definition) is 5. The topological polar surface area (TPSA) is 86.5 Å². The molecule has 0 bridgehead atoms. The predicted molar refractivity (Wildman–Crippen MR) is 68.1 cm³/mol. The number of nitrogens with zero attached hydrogens (tertiary/aromatic N) is 1. The van der Waals surface area contributed by atoms with E-state index in [0.29, 0.717) is 31.3 Å². The summed E-state index contributed by atoms with van der Waals surface area (Å²) in [5, 5.41) is 10.6. The van der Waals surface area contributed by atoms with E-state index in [-0.39, 0.29) is 23.6 Å². The molecule has 0 saturated heterocycles. The van der Waals surface area contributed by atoms with Gasteiger partial charge in [-0.15, -0.1) is 0 Å². The second-order valence-corrected chi connectivity index (χ2v) is 4.12. The molecule has 0 aliphatic rings. The molecule has 0 unspecified atom stereocenters. The van der Waals surface area contributed by atoms with Crippen molar-refractivity contribution in [3.05, 3.63) is 39.4 Å². The summed E-state index contributed by atoms with van der Waals surface area (Å²) in [7, 11) is 0. The van der Waals surface area contributed by atoms with Crippen LogP contribution in [0.3, 0.4) is 0 Å². The Hall–Kier alpha value is -2.08. The molecule has 0 N–H and O–H groups in total. The molecule has 1 aromatic carbocycles. The summed E-state index contributed by atoms with van der Waals surface area (Å²) in [6.45, 7) is 2.12. The number of benzene rings is 1. The van der Waals surface area contributed by atoms with E-state index >= 15 is 0 Å². The molecule has 0 spiro atoms. The second-order valence-electron chi connectivity index (χ2n) is 4.12. The molecule has 0 amide bonds. The molecular formula is C13H15NO5. The van der Waals surface area contributed by atoms with Crippen LogP contribution in [0.25, 0.3) is 0 Å². The smallest absolute Gasteiger partial charge is 0.270 e. The lowest BCUT2D eigenvalue weighted by Crippen LogP contribution is -2.01. The number of carbonyl (C=O) groups is 2. The van der Waals surface area contributed by atoms with E-state index in [1.807, 2.05) is 0 Å². The van der Waals surface area contributed by atoms with Gasteiger partial charge in [0.15, 0.2) is 6.29 Å². The Balaban J connectivity index is 2.56. The number of nitro groups is 1. The third-order valence-corrected chi connectivity index (χ3v) is 2.54. The van der Waals surface area contributed by atoms with Crippen LogP contribution in [-0.2, 0) is 16.1 Å². The fourth-order valence-electron chi connectivity index (χ4n) is 1.54. The van der Waals surface area contributed by atoms with Gasteiger partial charge in [-0.2, -0.15) is 0 Å². The summed E-state index contributed by atoms with van der Waals surface area (Å²) in [6.07, 6.45) is 1.65. The Morgan fingerprint density at radius 2 is 2.21 bits per heavy atom. The Morgan fingerprint density at radius 3 is 2.79 bits per heavy atom. The monoisotopic (exact) mass is 265 g/mol. The first-order valence-corrected chi connectivity index (χ1v) is 5.84. The molecule has 0 aliphatic heterocycles. The van der Waals surface area contributed by atoms with Crippen molar-refractivity contribution in [1.82, 2.24) is 0 Å². The third kappa shape index (κ3) is 4.97. The minimum Gasteiger partial charge on any atom is -0.377 e. The van der Waals surface area contributed by atoms with Gasteiger partial charge in [0.25, 0.3) is 5.69 Å². The first-order valence-electron chi connectivity index (χ1n) is 5.84. The van der Waals surface area contributed by atoms with E-state index in [2.05, 4.69) is 0 Å². The largest absolute Gasteiger partial charge is 0.377 e. The Morgan fingerprint density at radius 1 is 1.47 bits per heavy atom. The maximum Gasteiger partial charge on any atom is 0.270 e. The molecule has 6 heteroatoms. The van der Waals surface area contributed by atoms with Gasteiger partial charge in [0, 0.05) is 30.7 Å². The summed E-state index contributed by atoms with van der Waals surface area (Å²) in [5.74, 6) is 0.104. The van der Waals surface area contributed by atoms with Crippen molar-refractivity contribution in [1.29, 1.82) is 0 Å². The number of hydrogen-bond donors (Lipinski definition) is 0. The van der Waals surface area contributed by atoms with Gasteiger partial charge in [-0.3, -0.25) is 14.9 Å². The van der Waals surface area contributed by atoms with E-state index in [1.54, 1.807) is 0 Å². The van der Waals surface area contributed by atoms with Gasteiger partial charge in [0.05, 0.1) is 11.5 Å². The van der Waals surface area contributed by atoms with Crippen LogP contribution in [0.5, 0.6) is 0 Å². The first kappa shape index (κ1) is 15.0. The van der Waals surface area contributed by atoms with Crippen LogP contribution in [0.15, 0.2) is 18.2 Å². The molecule has 0 atom stereocenters. The zero-order valence-corrected chi connectivity index (χ0v) is 10.6. The van der Waals surface area contributed by atoms with Gasteiger partial charge in [-0.25, -0.2) is 0 Å². The maximum absolute atomic E-state index is 10.9. The Kier molecular flexibility index (Phi) is 5.81. The van der Waals surface area contributed by atoms with Crippen LogP contribution >= 0.6 is 0 Å². The molecule has 102 valence electrons. The molecule has 0 fully saturated rings. The number of rotatable bonds is 8. The lowest BCUT2D eigenvalue weighted by atomic mass is 10.1. The van der Waals surface area contributed by atoms with Crippen LogP contribution in [0, 0.1) is 10.1 Å². The highest BCUT2D eigenvalue weighted by Crippen LogP contribution is 2.17. The number of Topliss-reactive ketones (excluding diaryl/α,β-unsaturated/α-hetero) is 1. The number of aldehydes is 1. The summed E-state index contributed by atoms with van der Waals surface area (Å²) in [5.41, 5.74) is 0.728. The molecular weight excluding hydrogens is 250 g/mol. The maximum atomic E-state index is 10.9. The lowest BCUT2D eigenvalue weighted by Gasteiger charge is -2.06. The number of nitro benzene ring substituents is 1. The summed E-state index contributed by atoms with van der Waals surface area (Å²) in [4.78, 5) is 31.6. The third-order valence-electron chi connectivity index (χ3n) is 2.54. The summed E-state index contributed by atoms with van der Waals surface area (Å²) in [6, 6.07) is 4.06. The van der Waals surface area contributed by atoms with Crippen LogP contribution < -0.4 is 0 Å². The zero-order valence-electron chi connectivity index (χ0n) is 10.6. The van der Waals surface area contributed by atoms with Crippen molar-refractivity contribution in [3.8, 4) is 0 Å². The van der Waals surface area contributed by atoms with Gasteiger partial charge in [0.2, 0.25) is 0 Å². The molecule has 0 heterocycles. The van der Waals surface area contributed by atoms with Gasteiger partial charge < -0.3 is 9.53 Å². The van der Waals surface area contributed by atoms with E-state index < -0.39 is 4.92 Å². The first-order chi connectivity index (χ1) is 9.04. The Labute approximate surface area is 110 Å². The van der Waals surface area contributed by atoms with Crippen molar-refractivity contribution in [2.75, 3.05) is 6.61 Å². The molecule has 0 saturated carbocycles. The quantitative estimate of drug-likeness (QED) is 0.311. The number of ketones is 1. The average Bonchev–Trinajstić information content (AvgIpc) is 2.37. The Bertz CT molecular complexity index is 484. The fraction of sp³-hybridized carbons (Fsp3) is 0.385. The molecule has 6 nitrogen and oxygen atoms in total. The number of non-ortho nitro benzene ring substituents is 1. The van der Waals surface area contributed by atoms with E-state index in [1.165, 1.54) is 25.1 Å². The molecule has 19 heavy (non-hydrogen) atoms. The van der Waals surface area contributed by atoms with Crippen molar-refractivity contribution >= 4 is 17.8 Å². The minimum atomic E-state index is -0.551. The highest BCUT2D eigenvalue weighted by atomic mass is 16.6. The predicted octanol–water partition coefficient (Wildman–Crippen LogP) is 2.29. The van der Waals surface area contributed by atoms with E-state index in [9.17, 15) is 19.7 Å². The van der Waals surface area contributed by atoms with Gasteiger partial charge in [0.1, 0.15) is 5.78 Å². The zero-order chi connectivity index (χ0) is 14.3. The second kappa shape index (κ2) is 7.38. The van der Waals surface area contributed by atoms with Crippen LogP contribution in [0.2, 0.25) is 0 Å². The van der Waals surface area contributed by atoms with E-state index in [0.717, 1.165) is 0 Å². The average molecular weight is 265 g/mol. The van der Waals surface area contributed by atoms with Crippen molar-refractivity contribution in [3.63, 3.8) is 0 Å². The van der Waals surface area contributed by atoms with Crippen molar-refractivity contribution in [2.24, 2.45) is 0 Å². The molecule has 0 aliphatic carbocycles. The minimum absolute atomic E-state index is 0.104. The van der Waals surface area contributed by atoms with Crippen molar-refractivity contribution < 1.29 is 19.2 Å². The van der Waals surface area contributed by atoms with Gasteiger partial charge in [-0.1, -0.05) is 0 Å². The normalized spacial score (nSPS) is 10.2. The summed E-state index contributed by atoms with van der Waals surface area (Å²) < 4.78 is 5.33. The molecule has 0 radical (unpaired) electrons. The van der Waals surface area contributed by atoms with Crippen molar-refractivity contribution in [2.45, 2.75) is 26.4 Å². The van der Waals surface area contributed by atoms with Gasteiger partial charge >= 0.3 is 0 Å². The lowest BCUT2D eigenvalue weighted by molar-refractivity contribution is -0.384. The molecule has 1 aromatic rings. The summed E-state index contributed by atoms with van der Waals surface area (Å²) >= 11 is 0. The van der Waals surface area contributed by atoms with E-state index in [4.69, 9.17) is 4.74 Å². The van der Waals surface area contributed by atoms with Crippen LogP contribution in [-0.4, -0.2) is 23.6 Å². The standard InChI is InChI=1S/C13H15NO5/c1-10(16)3-2-6-19-9-11-4-5-13(14(17)18)7-12(11)8-15/h4-5,7-8H,2-3,6,9H2,1H3. The molecule has 0 aromatic heterocycles. The highest BCUT2D eigenvalue weighted by Gasteiger charge is 2.10. The SMILES string of the molecule is CC(=O)CCCOCc1ccc([N+](=O)[O-])cc1C=O. The van der Waals surface area contributed by atoms with Gasteiger partial charge in [-0.05, 0) is 25.0 Å². The fourth-order valence-corrected chi connectivity index (χ4v) is 1.54. The van der Waals surface area contributed by atoms with Crippen LogP contribution in [0.1, 0.15) is 35.7 Å². The highest BCUT2D eigenvalue weighted by molar-refractivity contribution is 5.78.